The largest absolute Gasteiger partial charge is 0.203 e. The molecule has 0 radical (unpaired) electrons. The average Bonchev–Trinajstić information content (AvgIpc) is 2.65. The molecule has 0 saturated heterocycles. The average molecular weight is 379 g/mol. The van der Waals surface area contributed by atoms with Crippen molar-refractivity contribution in [2.24, 2.45) is 0 Å². The number of rotatable bonds is 11. The highest BCUT2D eigenvalue weighted by molar-refractivity contribution is 5.09. The van der Waals surface area contributed by atoms with Gasteiger partial charge in [0.05, 0.1) is 0 Å². The van der Waals surface area contributed by atoms with E-state index in [0.29, 0.717) is 0 Å². The molecule has 28 heavy (non-hydrogen) atoms. The minimum absolute atomic E-state index is 1.12. The van der Waals surface area contributed by atoms with Gasteiger partial charge in [-0.15, -0.1) is 0 Å². The van der Waals surface area contributed by atoms with Crippen LogP contribution in [0.15, 0.2) is 61.0 Å². The Labute approximate surface area is 172 Å². The number of nitrogens with zero attached hydrogens (tertiary/aromatic N) is 2. The Bertz CT molecular complexity index is 720. The van der Waals surface area contributed by atoms with Crippen LogP contribution in [0.25, 0.3) is 0 Å². The fraction of sp³-hybridized carbons (Fsp3) is 0.462. The molecular weight excluding hydrogens is 340 g/mol. The Balaban J connectivity index is 1.51. The summed E-state index contributed by atoms with van der Waals surface area (Å²) in [5, 5.41) is 0. The van der Waals surface area contributed by atoms with Crippen molar-refractivity contribution >= 4 is 0 Å². The van der Waals surface area contributed by atoms with Crippen LogP contribution in [0.1, 0.15) is 61.0 Å². The summed E-state index contributed by atoms with van der Waals surface area (Å²) in [4.78, 5) is 0. The zero-order valence-electron chi connectivity index (χ0n) is 18.3. The Morgan fingerprint density at radius 3 is 1.46 bits per heavy atom. The molecule has 2 aromatic heterocycles. The van der Waals surface area contributed by atoms with E-state index in [1.54, 1.807) is 0 Å². The number of hydrogen-bond acceptors (Lipinski definition) is 0. The van der Waals surface area contributed by atoms with Gasteiger partial charge in [0.15, 0.2) is 23.8 Å². The van der Waals surface area contributed by atoms with Crippen LogP contribution in [-0.4, -0.2) is 0 Å². The third kappa shape index (κ3) is 8.21. The van der Waals surface area contributed by atoms with Gasteiger partial charge in [0.1, 0.15) is 13.1 Å². The molecule has 0 fully saturated rings. The van der Waals surface area contributed by atoms with Gasteiger partial charge in [-0.25, -0.2) is 9.13 Å². The molecule has 0 spiro atoms. The van der Waals surface area contributed by atoms with Crippen LogP contribution in [0, 0.1) is 27.7 Å². The molecule has 2 aromatic rings. The Morgan fingerprint density at radius 2 is 1.07 bits per heavy atom. The van der Waals surface area contributed by atoms with Crippen molar-refractivity contribution in [3.8, 4) is 0 Å². The molecule has 0 bridgehead atoms. The highest BCUT2D eigenvalue weighted by Crippen LogP contribution is 2.02. The summed E-state index contributed by atoms with van der Waals surface area (Å²) in [6.45, 7) is 10.9. The highest BCUT2D eigenvalue weighted by atomic mass is 14.9. The number of unbranched alkanes of at least 4 members (excludes halogenated alkanes) is 4. The Morgan fingerprint density at radius 1 is 0.643 bits per heavy atom. The molecule has 2 rings (SSSR count). The molecule has 0 amide bonds. The predicted octanol–water partition coefficient (Wildman–Crippen LogP) is 5.65. The molecule has 2 heterocycles. The first-order valence-corrected chi connectivity index (χ1v) is 10.8. The van der Waals surface area contributed by atoms with Crippen molar-refractivity contribution < 1.29 is 9.13 Å². The smallest absolute Gasteiger partial charge is 0.178 e. The fourth-order valence-corrected chi connectivity index (χ4v) is 3.51. The zero-order chi connectivity index (χ0) is 20.2. The molecule has 0 atom stereocenters. The third-order valence-corrected chi connectivity index (χ3v) is 5.24. The van der Waals surface area contributed by atoms with Gasteiger partial charge in [-0.1, -0.05) is 24.3 Å². The molecule has 0 unspecified atom stereocenters. The number of aromatic nitrogens is 2. The van der Waals surface area contributed by atoms with Gasteiger partial charge in [-0.05, 0) is 50.7 Å². The summed E-state index contributed by atoms with van der Waals surface area (Å²) in [5.74, 6) is 0. The van der Waals surface area contributed by atoms with Crippen LogP contribution in [0.4, 0.5) is 0 Å². The Hall–Kier alpha value is -2.22. The monoisotopic (exact) mass is 378 g/mol. The standard InChI is InChI=1S/C26H38N2/c1-23-15-19-27(25(3)21-23)17-13-11-9-7-5-6-8-10-12-14-18-28-20-16-24(2)22-26(28)4/h5-8,15-16,19-22H,9-14,17-18H2,1-4H3/q+2. The lowest BCUT2D eigenvalue weighted by Crippen LogP contribution is -2.36. The normalized spacial score (nSPS) is 11.7. The minimum atomic E-state index is 1.12. The van der Waals surface area contributed by atoms with Crippen LogP contribution >= 0.6 is 0 Å². The third-order valence-electron chi connectivity index (χ3n) is 5.24. The van der Waals surface area contributed by atoms with E-state index in [1.807, 2.05) is 0 Å². The number of allylic oxidation sites excluding steroid dienone is 4. The molecule has 0 saturated carbocycles. The van der Waals surface area contributed by atoms with Crippen LogP contribution < -0.4 is 9.13 Å². The highest BCUT2D eigenvalue weighted by Gasteiger charge is 2.05. The molecular formula is C26H38N2+2. The van der Waals surface area contributed by atoms with Crippen molar-refractivity contribution in [2.45, 2.75) is 79.3 Å². The lowest BCUT2D eigenvalue weighted by atomic mass is 10.2. The maximum absolute atomic E-state index is 2.35. The zero-order valence-corrected chi connectivity index (χ0v) is 18.3. The fourth-order valence-electron chi connectivity index (χ4n) is 3.51. The van der Waals surface area contributed by atoms with Gasteiger partial charge in [0, 0.05) is 51.0 Å². The first-order chi connectivity index (χ1) is 13.6. The maximum atomic E-state index is 2.35. The van der Waals surface area contributed by atoms with Gasteiger partial charge in [-0.3, -0.25) is 0 Å². The summed E-state index contributed by atoms with van der Waals surface area (Å²) >= 11 is 0. The second kappa shape index (κ2) is 12.3. The molecule has 0 aliphatic heterocycles. The molecule has 150 valence electrons. The molecule has 2 nitrogen and oxygen atoms in total. The van der Waals surface area contributed by atoms with Crippen molar-refractivity contribution in [1.82, 2.24) is 0 Å². The van der Waals surface area contributed by atoms with E-state index in [1.165, 1.54) is 61.0 Å². The quantitative estimate of drug-likeness (QED) is 0.271. The second-order valence-electron chi connectivity index (χ2n) is 7.93. The van der Waals surface area contributed by atoms with Gasteiger partial charge in [0.2, 0.25) is 0 Å². The van der Waals surface area contributed by atoms with Crippen LogP contribution in [0.5, 0.6) is 0 Å². The molecule has 0 N–H and O–H groups in total. The summed E-state index contributed by atoms with van der Waals surface area (Å²) in [7, 11) is 0. The van der Waals surface area contributed by atoms with Gasteiger partial charge < -0.3 is 0 Å². The minimum Gasteiger partial charge on any atom is -0.203 e. The van der Waals surface area contributed by atoms with Crippen molar-refractivity contribution in [3.05, 3.63) is 83.5 Å². The molecule has 2 heteroatoms. The topological polar surface area (TPSA) is 7.76 Å². The van der Waals surface area contributed by atoms with E-state index < -0.39 is 0 Å². The maximum Gasteiger partial charge on any atom is 0.178 e. The summed E-state index contributed by atoms with van der Waals surface area (Å²) in [5.41, 5.74) is 5.39. The van der Waals surface area contributed by atoms with E-state index in [2.05, 4.69) is 97.8 Å². The van der Waals surface area contributed by atoms with E-state index >= 15 is 0 Å². The van der Waals surface area contributed by atoms with Crippen molar-refractivity contribution in [1.29, 1.82) is 0 Å². The van der Waals surface area contributed by atoms with Gasteiger partial charge in [0.25, 0.3) is 0 Å². The summed E-state index contributed by atoms with van der Waals surface area (Å²) in [6, 6.07) is 8.90. The first kappa shape index (κ1) is 22.1. The summed E-state index contributed by atoms with van der Waals surface area (Å²) in [6.07, 6.45) is 20.7. The molecule has 0 aliphatic rings. The van der Waals surface area contributed by atoms with Crippen LogP contribution in [0.2, 0.25) is 0 Å². The number of hydrogen-bond donors (Lipinski definition) is 0. The van der Waals surface area contributed by atoms with Crippen LogP contribution in [0.3, 0.4) is 0 Å². The van der Waals surface area contributed by atoms with Gasteiger partial charge in [-0.2, -0.15) is 0 Å². The van der Waals surface area contributed by atoms with E-state index in [0.717, 1.165) is 13.1 Å². The van der Waals surface area contributed by atoms with E-state index in [9.17, 15) is 0 Å². The lowest BCUT2D eigenvalue weighted by molar-refractivity contribution is -0.703. The number of pyridine rings is 2. The molecule has 0 aromatic carbocycles. The molecule has 0 aliphatic carbocycles. The summed E-state index contributed by atoms with van der Waals surface area (Å²) < 4.78 is 4.71. The van der Waals surface area contributed by atoms with Gasteiger partial charge >= 0.3 is 0 Å². The van der Waals surface area contributed by atoms with E-state index in [-0.39, 0.29) is 0 Å². The Kier molecular flexibility index (Phi) is 9.68. The van der Waals surface area contributed by atoms with Crippen molar-refractivity contribution in [3.63, 3.8) is 0 Å². The first-order valence-electron chi connectivity index (χ1n) is 10.8. The predicted molar refractivity (Wildman–Crippen MR) is 118 cm³/mol. The van der Waals surface area contributed by atoms with Crippen LogP contribution in [-0.2, 0) is 13.1 Å². The second-order valence-corrected chi connectivity index (χ2v) is 7.93. The number of aryl methyl sites for hydroxylation is 6. The SMILES string of the molecule is Cc1cc[n+](CCCCC=CC=CCCCC[n+]2ccc(C)cc2C)c(C)c1. The van der Waals surface area contributed by atoms with Crippen molar-refractivity contribution in [2.75, 3.05) is 0 Å². The van der Waals surface area contributed by atoms with E-state index in [4.69, 9.17) is 0 Å². The lowest BCUT2D eigenvalue weighted by Gasteiger charge is -2.01.